The highest BCUT2D eigenvalue weighted by Crippen LogP contribution is 2.08. The van der Waals surface area contributed by atoms with Gasteiger partial charge in [-0.1, -0.05) is 6.92 Å². The summed E-state index contributed by atoms with van der Waals surface area (Å²) in [5.41, 5.74) is 0. The van der Waals surface area contributed by atoms with Crippen molar-refractivity contribution in [3.63, 3.8) is 0 Å². The predicted octanol–water partition coefficient (Wildman–Crippen LogP) is 1.79. The molecule has 0 spiro atoms. The highest BCUT2D eigenvalue weighted by molar-refractivity contribution is 4.87. The second-order valence-electron chi connectivity index (χ2n) is 4.21. The molecule has 4 nitrogen and oxygen atoms in total. The zero-order valence-corrected chi connectivity index (χ0v) is 10.2. The van der Waals surface area contributed by atoms with E-state index in [1.807, 2.05) is 4.68 Å². The van der Waals surface area contributed by atoms with Crippen LogP contribution in [0.25, 0.3) is 0 Å². The molecule has 1 unspecified atom stereocenters. The maximum Gasteiger partial charge on any atom is 0.138 e. The Hall–Kier alpha value is -0.900. The zero-order valence-electron chi connectivity index (χ0n) is 10.2. The molecule has 0 amide bonds. The van der Waals surface area contributed by atoms with Crippen LogP contribution < -0.4 is 5.32 Å². The molecule has 0 aliphatic heterocycles. The first-order valence-corrected chi connectivity index (χ1v) is 5.76. The zero-order chi connectivity index (χ0) is 11.3. The maximum absolute atomic E-state index is 4.29. The van der Waals surface area contributed by atoms with E-state index in [1.54, 1.807) is 6.33 Å². The Kier molecular flexibility index (Phi) is 4.75. The summed E-state index contributed by atoms with van der Waals surface area (Å²) in [5.74, 6) is 1.09. The van der Waals surface area contributed by atoms with Crippen LogP contribution in [0.3, 0.4) is 0 Å². The van der Waals surface area contributed by atoms with E-state index in [1.165, 1.54) is 0 Å². The first-order chi connectivity index (χ1) is 7.15. The van der Waals surface area contributed by atoms with Gasteiger partial charge in [-0.2, -0.15) is 5.10 Å². The monoisotopic (exact) mass is 210 g/mol. The Bertz CT molecular complexity index is 280. The van der Waals surface area contributed by atoms with Gasteiger partial charge in [-0.3, -0.25) is 0 Å². The second-order valence-corrected chi connectivity index (χ2v) is 4.21. The standard InChI is InChI=1S/C11H22N4/c1-5-12-10(4)6-7-11-13-8-14-15(11)9(2)3/h8-10,12H,5-7H2,1-4H3. The van der Waals surface area contributed by atoms with Crippen molar-refractivity contribution < 1.29 is 0 Å². The lowest BCUT2D eigenvalue weighted by Gasteiger charge is -2.13. The number of aryl methyl sites for hydroxylation is 1. The van der Waals surface area contributed by atoms with Crippen LogP contribution in [0.5, 0.6) is 0 Å². The fourth-order valence-corrected chi connectivity index (χ4v) is 1.68. The molecule has 0 aliphatic rings. The van der Waals surface area contributed by atoms with Crippen LogP contribution in [-0.4, -0.2) is 27.4 Å². The minimum absolute atomic E-state index is 0.400. The van der Waals surface area contributed by atoms with Gasteiger partial charge in [0, 0.05) is 18.5 Å². The van der Waals surface area contributed by atoms with Crippen molar-refractivity contribution in [1.29, 1.82) is 0 Å². The van der Waals surface area contributed by atoms with Crippen molar-refractivity contribution in [2.75, 3.05) is 6.54 Å². The first kappa shape index (κ1) is 12.2. The first-order valence-electron chi connectivity index (χ1n) is 5.76. The molecule has 0 aliphatic carbocycles. The van der Waals surface area contributed by atoms with Gasteiger partial charge in [0.2, 0.25) is 0 Å². The molecule has 0 bridgehead atoms. The van der Waals surface area contributed by atoms with Gasteiger partial charge in [0.15, 0.2) is 0 Å². The lowest BCUT2D eigenvalue weighted by Crippen LogP contribution is -2.26. The van der Waals surface area contributed by atoms with E-state index in [9.17, 15) is 0 Å². The normalized spacial score (nSPS) is 13.4. The Balaban J connectivity index is 2.46. The molecule has 0 fully saturated rings. The van der Waals surface area contributed by atoms with E-state index >= 15 is 0 Å². The molecule has 15 heavy (non-hydrogen) atoms. The average molecular weight is 210 g/mol. The fourth-order valence-electron chi connectivity index (χ4n) is 1.68. The highest BCUT2D eigenvalue weighted by atomic mass is 15.3. The summed E-state index contributed by atoms with van der Waals surface area (Å²) >= 11 is 0. The van der Waals surface area contributed by atoms with Crippen molar-refractivity contribution in [2.24, 2.45) is 0 Å². The molecule has 1 aromatic rings. The summed E-state index contributed by atoms with van der Waals surface area (Å²) in [6.07, 6.45) is 3.75. The molecule has 1 atom stereocenters. The van der Waals surface area contributed by atoms with E-state index in [0.29, 0.717) is 12.1 Å². The minimum Gasteiger partial charge on any atom is -0.315 e. The molecule has 0 radical (unpaired) electrons. The quantitative estimate of drug-likeness (QED) is 0.778. The fraction of sp³-hybridized carbons (Fsp3) is 0.818. The number of nitrogens with one attached hydrogen (secondary N) is 1. The summed E-state index contributed by atoms with van der Waals surface area (Å²) in [6, 6.07) is 0.948. The van der Waals surface area contributed by atoms with Crippen LogP contribution in [-0.2, 0) is 6.42 Å². The van der Waals surface area contributed by atoms with Crippen LogP contribution in [0, 0.1) is 0 Å². The lowest BCUT2D eigenvalue weighted by molar-refractivity contribution is 0.476. The molecule has 0 aromatic carbocycles. The molecule has 1 aromatic heterocycles. The Labute approximate surface area is 92.1 Å². The Morgan fingerprint density at radius 3 is 2.73 bits per heavy atom. The van der Waals surface area contributed by atoms with Gasteiger partial charge < -0.3 is 5.32 Å². The van der Waals surface area contributed by atoms with Gasteiger partial charge in [-0.05, 0) is 33.7 Å². The van der Waals surface area contributed by atoms with Crippen LogP contribution >= 0.6 is 0 Å². The number of nitrogens with zero attached hydrogens (tertiary/aromatic N) is 3. The molecular weight excluding hydrogens is 188 g/mol. The van der Waals surface area contributed by atoms with E-state index in [4.69, 9.17) is 0 Å². The maximum atomic E-state index is 4.29. The molecule has 1 N–H and O–H groups in total. The number of rotatable bonds is 6. The molecule has 86 valence electrons. The van der Waals surface area contributed by atoms with Crippen LogP contribution in [0.4, 0.5) is 0 Å². The van der Waals surface area contributed by atoms with Gasteiger partial charge in [-0.25, -0.2) is 9.67 Å². The van der Waals surface area contributed by atoms with Crippen molar-refractivity contribution in [3.8, 4) is 0 Å². The molecule has 1 heterocycles. The molecule has 0 saturated carbocycles. The van der Waals surface area contributed by atoms with Crippen molar-refractivity contribution in [3.05, 3.63) is 12.2 Å². The number of hydrogen-bond acceptors (Lipinski definition) is 3. The summed E-state index contributed by atoms with van der Waals surface area (Å²) in [7, 11) is 0. The predicted molar refractivity (Wildman–Crippen MR) is 61.9 cm³/mol. The van der Waals surface area contributed by atoms with Gasteiger partial charge in [0.1, 0.15) is 12.2 Å². The summed E-state index contributed by atoms with van der Waals surface area (Å²) in [4.78, 5) is 4.29. The lowest BCUT2D eigenvalue weighted by atomic mass is 10.1. The van der Waals surface area contributed by atoms with Crippen molar-refractivity contribution >= 4 is 0 Å². The Morgan fingerprint density at radius 1 is 1.40 bits per heavy atom. The third-order valence-electron chi connectivity index (χ3n) is 2.49. The van der Waals surface area contributed by atoms with Gasteiger partial charge in [0.25, 0.3) is 0 Å². The number of hydrogen-bond donors (Lipinski definition) is 1. The second kappa shape index (κ2) is 5.85. The van der Waals surface area contributed by atoms with E-state index in [0.717, 1.165) is 25.2 Å². The Morgan fingerprint density at radius 2 is 2.13 bits per heavy atom. The van der Waals surface area contributed by atoms with E-state index < -0.39 is 0 Å². The van der Waals surface area contributed by atoms with Crippen molar-refractivity contribution in [2.45, 2.75) is 52.6 Å². The van der Waals surface area contributed by atoms with Crippen LogP contribution in [0.15, 0.2) is 6.33 Å². The van der Waals surface area contributed by atoms with Crippen LogP contribution in [0.1, 0.15) is 46.0 Å². The molecule has 0 saturated heterocycles. The highest BCUT2D eigenvalue weighted by Gasteiger charge is 2.08. The topological polar surface area (TPSA) is 42.7 Å². The van der Waals surface area contributed by atoms with Crippen LogP contribution in [0.2, 0.25) is 0 Å². The van der Waals surface area contributed by atoms with E-state index in [2.05, 4.69) is 43.1 Å². The van der Waals surface area contributed by atoms with E-state index in [-0.39, 0.29) is 0 Å². The SMILES string of the molecule is CCNC(C)CCc1ncnn1C(C)C. The summed E-state index contributed by atoms with van der Waals surface area (Å²) in [6.45, 7) is 9.63. The van der Waals surface area contributed by atoms with Gasteiger partial charge >= 0.3 is 0 Å². The minimum atomic E-state index is 0.400. The molecule has 1 rings (SSSR count). The van der Waals surface area contributed by atoms with Gasteiger partial charge in [0.05, 0.1) is 0 Å². The molecule has 4 heteroatoms. The van der Waals surface area contributed by atoms with Crippen molar-refractivity contribution in [1.82, 2.24) is 20.1 Å². The smallest absolute Gasteiger partial charge is 0.138 e. The largest absolute Gasteiger partial charge is 0.315 e. The summed E-state index contributed by atoms with van der Waals surface area (Å²) in [5, 5.41) is 7.62. The summed E-state index contributed by atoms with van der Waals surface area (Å²) < 4.78 is 2.00. The molecular formula is C11H22N4. The third kappa shape index (κ3) is 3.63. The number of aromatic nitrogens is 3. The third-order valence-corrected chi connectivity index (χ3v) is 2.49. The average Bonchev–Trinajstić information content (AvgIpc) is 2.63. The van der Waals surface area contributed by atoms with Gasteiger partial charge in [-0.15, -0.1) is 0 Å².